The monoisotopic (exact) mass is 363 g/mol. The smallest absolute Gasteiger partial charge is 0.303 e. The van der Waals surface area contributed by atoms with E-state index in [0.717, 1.165) is 21.3 Å². The van der Waals surface area contributed by atoms with E-state index in [-0.39, 0.29) is 18.0 Å². The van der Waals surface area contributed by atoms with Gasteiger partial charge < -0.3 is 4.98 Å². The molecular weight excluding hydrogens is 342 g/mol. The second-order valence-electron chi connectivity index (χ2n) is 6.60. The number of rotatable bonds is 5. The van der Waals surface area contributed by atoms with Crippen molar-refractivity contribution in [1.82, 2.24) is 14.5 Å². The van der Waals surface area contributed by atoms with Crippen LogP contribution in [0.5, 0.6) is 0 Å². The molecule has 0 amide bonds. The van der Waals surface area contributed by atoms with Crippen molar-refractivity contribution in [2.24, 2.45) is 0 Å². The van der Waals surface area contributed by atoms with Crippen molar-refractivity contribution in [1.29, 1.82) is 0 Å². The molecule has 0 aliphatic rings. The maximum Gasteiger partial charge on any atom is 0.329 e. The Morgan fingerprint density at radius 3 is 2.44 bits per heavy atom. The SMILES string of the molecule is CCc1c(C(=O)c2cc(C)cc(C)c2)[nH]c(=O)n(Cc2cccnc2)c1=O. The number of pyridine rings is 1. The van der Waals surface area contributed by atoms with E-state index in [4.69, 9.17) is 0 Å². The van der Waals surface area contributed by atoms with Gasteiger partial charge in [0.25, 0.3) is 5.56 Å². The van der Waals surface area contributed by atoms with Crippen LogP contribution in [0.2, 0.25) is 0 Å². The van der Waals surface area contributed by atoms with Gasteiger partial charge in [0.2, 0.25) is 5.78 Å². The number of benzene rings is 1. The highest BCUT2D eigenvalue weighted by Gasteiger charge is 2.20. The molecule has 0 bridgehead atoms. The molecule has 0 aliphatic carbocycles. The molecule has 0 atom stereocenters. The van der Waals surface area contributed by atoms with E-state index in [0.29, 0.717) is 17.5 Å². The van der Waals surface area contributed by atoms with Crippen molar-refractivity contribution in [3.8, 4) is 0 Å². The van der Waals surface area contributed by atoms with Crippen molar-refractivity contribution >= 4 is 5.78 Å². The topological polar surface area (TPSA) is 84.8 Å². The van der Waals surface area contributed by atoms with Crippen LogP contribution >= 0.6 is 0 Å². The zero-order valence-corrected chi connectivity index (χ0v) is 15.6. The van der Waals surface area contributed by atoms with Gasteiger partial charge >= 0.3 is 5.69 Å². The number of aromatic amines is 1. The molecule has 2 aromatic heterocycles. The van der Waals surface area contributed by atoms with Gasteiger partial charge in [-0.2, -0.15) is 0 Å². The van der Waals surface area contributed by atoms with E-state index < -0.39 is 11.2 Å². The first-order valence-electron chi connectivity index (χ1n) is 8.78. The number of carbonyl (C=O) groups is 1. The van der Waals surface area contributed by atoms with Crippen molar-refractivity contribution in [2.45, 2.75) is 33.7 Å². The van der Waals surface area contributed by atoms with Gasteiger partial charge in [0.05, 0.1) is 12.2 Å². The Morgan fingerprint density at radius 2 is 1.85 bits per heavy atom. The number of aromatic nitrogens is 3. The number of nitrogens with one attached hydrogen (secondary N) is 1. The summed E-state index contributed by atoms with van der Waals surface area (Å²) in [4.78, 5) is 45.0. The van der Waals surface area contributed by atoms with Gasteiger partial charge in [-0.05, 0) is 44.0 Å². The molecule has 6 nitrogen and oxygen atoms in total. The lowest BCUT2D eigenvalue weighted by molar-refractivity contribution is 0.103. The summed E-state index contributed by atoms with van der Waals surface area (Å²) in [6, 6.07) is 9.01. The molecule has 3 rings (SSSR count). The number of H-pyrrole nitrogens is 1. The molecule has 0 radical (unpaired) electrons. The summed E-state index contributed by atoms with van der Waals surface area (Å²) in [6.45, 7) is 5.70. The summed E-state index contributed by atoms with van der Waals surface area (Å²) in [5, 5.41) is 0. The lowest BCUT2D eigenvalue weighted by Gasteiger charge is -2.11. The average molecular weight is 363 g/mol. The van der Waals surface area contributed by atoms with Crippen molar-refractivity contribution in [3.63, 3.8) is 0 Å². The van der Waals surface area contributed by atoms with Crippen molar-refractivity contribution in [3.05, 3.63) is 97.1 Å². The van der Waals surface area contributed by atoms with Gasteiger partial charge in [0.15, 0.2) is 0 Å². The number of nitrogens with zero attached hydrogens (tertiary/aromatic N) is 2. The molecule has 0 saturated carbocycles. The molecule has 0 fully saturated rings. The van der Waals surface area contributed by atoms with Crippen LogP contribution in [0, 0.1) is 13.8 Å². The van der Waals surface area contributed by atoms with E-state index in [1.807, 2.05) is 19.9 Å². The summed E-state index contributed by atoms with van der Waals surface area (Å²) in [6.07, 6.45) is 3.57. The van der Waals surface area contributed by atoms with Crippen LogP contribution in [0.4, 0.5) is 0 Å². The number of aryl methyl sites for hydroxylation is 2. The van der Waals surface area contributed by atoms with E-state index >= 15 is 0 Å². The van der Waals surface area contributed by atoms with Crippen LogP contribution in [0.1, 0.15) is 45.2 Å². The normalized spacial score (nSPS) is 10.8. The van der Waals surface area contributed by atoms with Gasteiger partial charge in [-0.15, -0.1) is 0 Å². The molecule has 6 heteroatoms. The molecular formula is C21H21N3O3. The third kappa shape index (κ3) is 3.79. The molecule has 0 spiro atoms. The van der Waals surface area contributed by atoms with Crippen molar-refractivity contribution < 1.29 is 4.79 Å². The minimum absolute atomic E-state index is 0.0694. The highest BCUT2D eigenvalue weighted by molar-refractivity contribution is 6.08. The van der Waals surface area contributed by atoms with Crippen LogP contribution in [-0.4, -0.2) is 20.3 Å². The Hall–Kier alpha value is -3.28. The first kappa shape index (κ1) is 18.5. The second-order valence-corrected chi connectivity index (χ2v) is 6.60. The lowest BCUT2D eigenvalue weighted by Crippen LogP contribution is -2.39. The Bertz CT molecular complexity index is 1090. The van der Waals surface area contributed by atoms with E-state index in [1.165, 1.54) is 0 Å². The summed E-state index contributed by atoms with van der Waals surface area (Å²) >= 11 is 0. The van der Waals surface area contributed by atoms with Gasteiger partial charge in [-0.25, -0.2) is 4.79 Å². The molecule has 1 N–H and O–H groups in total. The first-order valence-corrected chi connectivity index (χ1v) is 8.78. The predicted octanol–water partition coefficient (Wildman–Crippen LogP) is 2.39. The second kappa shape index (κ2) is 7.53. The molecule has 1 aromatic carbocycles. The van der Waals surface area contributed by atoms with E-state index in [2.05, 4.69) is 9.97 Å². The number of ketones is 1. The fraction of sp³-hybridized carbons (Fsp3) is 0.238. The average Bonchev–Trinajstić information content (AvgIpc) is 2.64. The Kier molecular flexibility index (Phi) is 5.16. The van der Waals surface area contributed by atoms with Crippen LogP contribution in [0.25, 0.3) is 0 Å². The summed E-state index contributed by atoms with van der Waals surface area (Å²) in [7, 11) is 0. The number of carbonyl (C=O) groups excluding carboxylic acids is 1. The minimum atomic E-state index is -0.603. The maximum atomic E-state index is 13.0. The highest BCUT2D eigenvalue weighted by Crippen LogP contribution is 2.14. The largest absolute Gasteiger partial charge is 0.329 e. The zero-order valence-electron chi connectivity index (χ0n) is 15.6. The molecule has 3 aromatic rings. The first-order chi connectivity index (χ1) is 12.9. The van der Waals surface area contributed by atoms with Gasteiger partial charge in [0, 0.05) is 23.5 Å². The Morgan fingerprint density at radius 1 is 1.15 bits per heavy atom. The number of hydrogen-bond donors (Lipinski definition) is 1. The molecule has 138 valence electrons. The van der Waals surface area contributed by atoms with Gasteiger partial charge in [-0.1, -0.05) is 30.2 Å². The molecule has 27 heavy (non-hydrogen) atoms. The van der Waals surface area contributed by atoms with Crippen LogP contribution in [0.3, 0.4) is 0 Å². The predicted molar refractivity (Wildman–Crippen MR) is 103 cm³/mol. The van der Waals surface area contributed by atoms with Crippen LogP contribution < -0.4 is 11.2 Å². The minimum Gasteiger partial charge on any atom is -0.303 e. The summed E-state index contributed by atoms with van der Waals surface area (Å²) in [5.74, 6) is -0.346. The molecule has 2 heterocycles. The number of hydrogen-bond acceptors (Lipinski definition) is 4. The molecule has 0 saturated heterocycles. The Balaban J connectivity index is 2.11. The van der Waals surface area contributed by atoms with Gasteiger partial charge in [0.1, 0.15) is 0 Å². The molecule has 0 aliphatic heterocycles. The summed E-state index contributed by atoms with van der Waals surface area (Å²) in [5.41, 5.74) is 2.42. The zero-order chi connectivity index (χ0) is 19.6. The fourth-order valence-electron chi connectivity index (χ4n) is 3.20. The van der Waals surface area contributed by atoms with Crippen LogP contribution in [-0.2, 0) is 13.0 Å². The van der Waals surface area contributed by atoms with Gasteiger partial charge in [-0.3, -0.25) is 19.1 Å². The standard InChI is InChI=1S/C21H21N3O3/c1-4-17-18(19(25)16-9-13(2)8-14(3)10-16)23-21(27)24(20(17)26)12-15-6-5-7-22-11-15/h5-11H,4,12H2,1-3H3,(H,23,27). The quantitative estimate of drug-likeness (QED) is 0.706. The maximum absolute atomic E-state index is 13.0. The lowest BCUT2D eigenvalue weighted by atomic mass is 9.99. The van der Waals surface area contributed by atoms with E-state index in [1.54, 1.807) is 43.6 Å². The third-order valence-electron chi connectivity index (χ3n) is 4.41. The third-order valence-corrected chi connectivity index (χ3v) is 4.41. The fourth-order valence-corrected chi connectivity index (χ4v) is 3.20. The molecule has 0 unspecified atom stereocenters. The Labute approximate surface area is 156 Å². The summed E-state index contributed by atoms with van der Waals surface area (Å²) < 4.78 is 1.11. The highest BCUT2D eigenvalue weighted by atomic mass is 16.2. The van der Waals surface area contributed by atoms with Crippen LogP contribution in [0.15, 0.2) is 52.3 Å². The van der Waals surface area contributed by atoms with Crippen molar-refractivity contribution in [2.75, 3.05) is 0 Å². The van der Waals surface area contributed by atoms with E-state index in [9.17, 15) is 14.4 Å².